The van der Waals surface area contributed by atoms with E-state index in [2.05, 4.69) is 27.2 Å². The molecule has 1 atom stereocenters. The fourth-order valence-corrected chi connectivity index (χ4v) is 3.87. The van der Waals surface area contributed by atoms with Gasteiger partial charge in [-0.15, -0.1) is 0 Å². The van der Waals surface area contributed by atoms with E-state index in [0.717, 1.165) is 32.5 Å². The number of nitrogens with zero attached hydrogens (tertiary/aromatic N) is 3. The Morgan fingerprint density at radius 1 is 1.11 bits per heavy atom. The molecule has 2 fully saturated rings. The molecule has 0 aromatic heterocycles. The average Bonchev–Trinajstić information content (AvgIpc) is 2.69. The summed E-state index contributed by atoms with van der Waals surface area (Å²) < 4.78 is 4.97. The van der Waals surface area contributed by atoms with E-state index in [9.17, 15) is 9.59 Å². The first-order valence-corrected chi connectivity index (χ1v) is 9.66. The zero-order valence-electron chi connectivity index (χ0n) is 16.3. The number of rotatable bonds is 5. The number of amides is 2. The van der Waals surface area contributed by atoms with Crippen molar-refractivity contribution in [3.63, 3.8) is 0 Å². The van der Waals surface area contributed by atoms with Gasteiger partial charge in [0, 0.05) is 51.6 Å². The van der Waals surface area contributed by atoms with Crippen LogP contribution in [0.2, 0.25) is 0 Å². The highest BCUT2D eigenvalue weighted by atomic mass is 16.5. The number of hydrogen-bond donors (Lipinski definition) is 1. The predicted octanol–water partition coefficient (Wildman–Crippen LogP) is 0.561. The maximum Gasteiger partial charge on any atom is 0.249 e. The molecule has 2 amide bonds. The number of likely N-dealkylation sites (N-methyl/N-ethyl adjacent to an activating group) is 1. The van der Waals surface area contributed by atoms with Crippen LogP contribution in [0.3, 0.4) is 0 Å². The monoisotopic (exact) mass is 374 g/mol. The standard InChI is InChI=1S/C20H30N4O3/c1-22-12-13-24(19(25)15-27-2)18(14-22)20(26)21-16-8-10-23(11-9-16)17-6-4-3-5-7-17/h3-7,16,18H,8-15H2,1-2H3,(H,21,26)/t18-/m1/s1. The quantitative estimate of drug-likeness (QED) is 0.816. The second-order valence-corrected chi connectivity index (χ2v) is 7.40. The number of anilines is 1. The van der Waals surface area contributed by atoms with Crippen LogP contribution in [0.4, 0.5) is 5.69 Å². The van der Waals surface area contributed by atoms with E-state index in [0.29, 0.717) is 13.1 Å². The van der Waals surface area contributed by atoms with E-state index in [1.807, 2.05) is 25.2 Å². The summed E-state index contributed by atoms with van der Waals surface area (Å²) in [6, 6.07) is 10.1. The molecule has 0 aliphatic carbocycles. The molecule has 2 aliphatic rings. The molecule has 1 aromatic carbocycles. The number of piperazine rings is 1. The summed E-state index contributed by atoms with van der Waals surface area (Å²) in [5, 5.41) is 3.18. The number of carbonyl (C=O) groups excluding carboxylic acids is 2. The van der Waals surface area contributed by atoms with Crippen molar-refractivity contribution in [2.75, 3.05) is 58.4 Å². The van der Waals surface area contributed by atoms with Gasteiger partial charge in [-0.1, -0.05) is 18.2 Å². The van der Waals surface area contributed by atoms with Crippen molar-refractivity contribution in [2.45, 2.75) is 24.9 Å². The Bertz CT molecular complexity index is 631. The molecule has 0 radical (unpaired) electrons. The Morgan fingerprint density at radius 3 is 2.48 bits per heavy atom. The smallest absolute Gasteiger partial charge is 0.249 e. The second-order valence-electron chi connectivity index (χ2n) is 7.40. The van der Waals surface area contributed by atoms with Crippen molar-refractivity contribution in [1.29, 1.82) is 0 Å². The fraction of sp³-hybridized carbons (Fsp3) is 0.600. The van der Waals surface area contributed by atoms with Gasteiger partial charge < -0.3 is 24.8 Å². The SMILES string of the molecule is COCC(=O)N1CCN(C)C[C@@H]1C(=O)NC1CCN(c2ccccc2)CC1. The van der Waals surface area contributed by atoms with E-state index in [1.54, 1.807) is 4.90 Å². The van der Waals surface area contributed by atoms with Crippen molar-refractivity contribution in [2.24, 2.45) is 0 Å². The fourth-order valence-electron chi connectivity index (χ4n) is 3.87. The lowest BCUT2D eigenvalue weighted by molar-refractivity contribution is -0.146. The number of para-hydroxylation sites is 1. The average molecular weight is 374 g/mol. The van der Waals surface area contributed by atoms with Crippen molar-refractivity contribution in [3.8, 4) is 0 Å². The van der Waals surface area contributed by atoms with Gasteiger partial charge in [-0.25, -0.2) is 0 Å². The summed E-state index contributed by atoms with van der Waals surface area (Å²) in [6.07, 6.45) is 1.82. The molecule has 1 N–H and O–H groups in total. The number of hydrogen-bond acceptors (Lipinski definition) is 5. The Labute approximate surface area is 161 Å². The summed E-state index contributed by atoms with van der Waals surface area (Å²) >= 11 is 0. The van der Waals surface area contributed by atoms with Crippen LogP contribution in [0.25, 0.3) is 0 Å². The van der Waals surface area contributed by atoms with Crippen molar-refractivity contribution < 1.29 is 14.3 Å². The Hall–Kier alpha value is -2.12. The lowest BCUT2D eigenvalue weighted by atomic mass is 10.0. The molecule has 0 saturated carbocycles. The van der Waals surface area contributed by atoms with E-state index < -0.39 is 6.04 Å². The zero-order chi connectivity index (χ0) is 19.2. The second kappa shape index (κ2) is 9.19. The van der Waals surface area contributed by atoms with Crippen molar-refractivity contribution >= 4 is 17.5 Å². The van der Waals surface area contributed by atoms with Gasteiger partial charge in [0.25, 0.3) is 0 Å². The highest BCUT2D eigenvalue weighted by molar-refractivity contribution is 5.88. The number of nitrogens with one attached hydrogen (secondary N) is 1. The van der Waals surface area contributed by atoms with Gasteiger partial charge in [-0.2, -0.15) is 0 Å². The minimum atomic E-state index is -0.446. The number of carbonyl (C=O) groups is 2. The Kier molecular flexibility index (Phi) is 6.68. The third kappa shape index (κ3) is 4.99. The molecule has 148 valence electrons. The summed E-state index contributed by atoms with van der Waals surface area (Å²) in [6.45, 7) is 3.75. The van der Waals surface area contributed by atoms with Gasteiger partial charge in [-0.3, -0.25) is 9.59 Å². The molecule has 2 aliphatic heterocycles. The maximum atomic E-state index is 12.9. The molecule has 2 heterocycles. The lowest BCUT2D eigenvalue weighted by Crippen LogP contribution is -2.61. The van der Waals surface area contributed by atoms with E-state index >= 15 is 0 Å². The minimum absolute atomic E-state index is 0.0168. The molecule has 27 heavy (non-hydrogen) atoms. The van der Waals surface area contributed by atoms with Gasteiger partial charge in [0.1, 0.15) is 12.6 Å². The van der Waals surface area contributed by atoms with Crippen LogP contribution in [0, 0.1) is 0 Å². The van der Waals surface area contributed by atoms with E-state index in [-0.39, 0.29) is 24.5 Å². The third-order valence-electron chi connectivity index (χ3n) is 5.44. The molecular formula is C20H30N4O3. The molecule has 7 heteroatoms. The van der Waals surface area contributed by atoms with Gasteiger partial charge in [0.2, 0.25) is 11.8 Å². The molecule has 7 nitrogen and oxygen atoms in total. The number of piperidine rings is 1. The first-order chi connectivity index (χ1) is 13.1. The van der Waals surface area contributed by atoms with Crippen LogP contribution in [0.1, 0.15) is 12.8 Å². The van der Waals surface area contributed by atoms with Gasteiger partial charge in [0.15, 0.2) is 0 Å². The van der Waals surface area contributed by atoms with E-state index in [4.69, 9.17) is 4.74 Å². The summed E-state index contributed by atoms with van der Waals surface area (Å²) in [5.74, 6) is -0.172. The number of methoxy groups -OCH3 is 1. The first kappa shape index (κ1) is 19.6. The summed E-state index contributed by atoms with van der Waals surface area (Å²) in [7, 11) is 3.49. The molecular weight excluding hydrogens is 344 g/mol. The van der Waals surface area contributed by atoms with Gasteiger partial charge in [0.05, 0.1) is 0 Å². The highest BCUT2D eigenvalue weighted by Crippen LogP contribution is 2.20. The lowest BCUT2D eigenvalue weighted by Gasteiger charge is -2.40. The highest BCUT2D eigenvalue weighted by Gasteiger charge is 2.35. The van der Waals surface area contributed by atoms with Crippen molar-refractivity contribution in [3.05, 3.63) is 30.3 Å². The van der Waals surface area contributed by atoms with Crippen LogP contribution >= 0.6 is 0 Å². The van der Waals surface area contributed by atoms with Crippen LogP contribution < -0.4 is 10.2 Å². The third-order valence-corrected chi connectivity index (χ3v) is 5.44. The molecule has 2 saturated heterocycles. The summed E-state index contributed by atoms with van der Waals surface area (Å²) in [4.78, 5) is 31.3. The Balaban J connectivity index is 1.55. The number of ether oxygens (including phenoxy) is 1. The number of benzene rings is 1. The van der Waals surface area contributed by atoms with Crippen molar-refractivity contribution in [1.82, 2.24) is 15.1 Å². The Morgan fingerprint density at radius 2 is 1.81 bits per heavy atom. The molecule has 0 spiro atoms. The van der Waals surface area contributed by atoms with Crippen LogP contribution in [-0.4, -0.2) is 87.2 Å². The van der Waals surface area contributed by atoms with Gasteiger partial charge in [-0.05, 0) is 32.0 Å². The maximum absolute atomic E-state index is 12.9. The van der Waals surface area contributed by atoms with Crippen LogP contribution in [0.5, 0.6) is 0 Å². The van der Waals surface area contributed by atoms with Crippen LogP contribution in [0.15, 0.2) is 30.3 Å². The predicted molar refractivity (Wildman–Crippen MR) is 105 cm³/mol. The molecule has 0 bridgehead atoms. The zero-order valence-corrected chi connectivity index (χ0v) is 16.3. The van der Waals surface area contributed by atoms with Crippen LogP contribution in [-0.2, 0) is 14.3 Å². The minimum Gasteiger partial charge on any atom is -0.375 e. The summed E-state index contributed by atoms with van der Waals surface area (Å²) in [5.41, 5.74) is 1.23. The van der Waals surface area contributed by atoms with E-state index in [1.165, 1.54) is 12.8 Å². The topological polar surface area (TPSA) is 65.1 Å². The first-order valence-electron chi connectivity index (χ1n) is 9.66. The molecule has 0 unspecified atom stereocenters. The normalized spacial score (nSPS) is 21.9. The molecule has 3 rings (SSSR count). The molecule has 1 aromatic rings. The van der Waals surface area contributed by atoms with Gasteiger partial charge >= 0.3 is 0 Å². The largest absolute Gasteiger partial charge is 0.375 e.